The topological polar surface area (TPSA) is 38.1 Å². The molecule has 1 aromatic heterocycles. The van der Waals surface area contributed by atoms with Gasteiger partial charge in [0.2, 0.25) is 5.78 Å². The fourth-order valence-electron chi connectivity index (χ4n) is 3.00. The molecule has 3 rings (SSSR count). The lowest BCUT2D eigenvalue weighted by atomic mass is 9.83. The molecular weight excluding hydrogens is 262 g/mol. The highest BCUT2D eigenvalue weighted by molar-refractivity contribution is 6.04. The van der Waals surface area contributed by atoms with Crippen molar-refractivity contribution < 1.29 is 4.79 Å². The normalized spacial score (nSPS) is 18.1. The van der Waals surface area contributed by atoms with Crippen molar-refractivity contribution in [1.82, 2.24) is 9.78 Å². The summed E-state index contributed by atoms with van der Waals surface area (Å²) in [4.78, 5) is 14.5. The number of hydrogen-bond acceptors (Lipinski definition) is 3. The van der Waals surface area contributed by atoms with E-state index in [1.54, 1.807) is 23.0 Å². The number of allylic oxidation sites excluding steroid dienone is 2. The van der Waals surface area contributed by atoms with Crippen molar-refractivity contribution in [3.8, 4) is 0 Å². The molecule has 0 aliphatic carbocycles. The lowest BCUT2D eigenvalue weighted by molar-refractivity contribution is 0.104. The molecule has 108 valence electrons. The minimum absolute atomic E-state index is 0.0571. The first-order chi connectivity index (χ1) is 9.91. The third-order valence-electron chi connectivity index (χ3n) is 4.17. The van der Waals surface area contributed by atoms with E-state index in [0.29, 0.717) is 5.69 Å². The van der Waals surface area contributed by atoms with E-state index in [2.05, 4.69) is 36.0 Å². The first kappa shape index (κ1) is 13.6. The number of aryl methyl sites for hydroxylation is 1. The summed E-state index contributed by atoms with van der Waals surface area (Å²) in [6.45, 7) is 4.29. The van der Waals surface area contributed by atoms with Crippen molar-refractivity contribution in [3.63, 3.8) is 0 Å². The molecule has 1 aromatic carbocycles. The molecule has 0 radical (unpaired) electrons. The Labute approximate surface area is 124 Å². The number of fused-ring (bicyclic) bond motifs is 1. The molecule has 1 aliphatic heterocycles. The lowest BCUT2D eigenvalue weighted by Crippen LogP contribution is -2.24. The smallest absolute Gasteiger partial charge is 0.207 e. The van der Waals surface area contributed by atoms with Gasteiger partial charge < -0.3 is 4.90 Å². The van der Waals surface area contributed by atoms with E-state index in [9.17, 15) is 4.79 Å². The summed E-state index contributed by atoms with van der Waals surface area (Å²) in [5.41, 5.74) is 3.69. The molecule has 0 atom stereocenters. The van der Waals surface area contributed by atoms with Crippen molar-refractivity contribution >= 4 is 11.5 Å². The molecule has 4 heteroatoms. The largest absolute Gasteiger partial charge is 0.347 e. The highest BCUT2D eigenvalue weighted by Gasteiger charge is 2.38. The Morgan fingerprint density at radius 1 is 1.19 bits per heavy atom. The number of ketones is 1. The van der Waals surface area contributed by atoms with Crippen LogP contribution in [0.4, 0.5) is 5.69 Å². The Morgan fingerprint density at radius 3 is 2.52 bits per heavy atom. The van der Waals surface area contributed by atoms with E-state index in [0.717, 1.165) is 11.4 Å². The second kappa shape index (κ2) is 4.58. The first-order valence-electron chi connectivity index (χ1n) is 7.00. The summed E-state index contributed by atoms with van der Waals surface area (Å²) in [5, 5.41) is 4.18. The summed E-state index contributed by atoms with van der Waals surface area (Å²) in [6.07, 6.45) is 3.49. The molecule has 0 bridgehead atoms. The van der Waals surface area contributed by atoms with Crippen LogP contribution in [-0.2, 0) is 12.5 Å². The molecule has 0 saturated carbocycles. The first-order valence-corrected chi connectivity index (χ1v) is 7.00. The van der Waals surface area contributed by atoms with Crippen molar-refractivity contribution in [2.24, 2.45) is 7.05 Å². The zero-order valence-electron chi connectivity index (χ0n) is 12.8. The SMILES string of the molecule is CN1/C(=C\C(=O)c2ccn(C)n2)C(C)(C)c2ccccc21. The molecule has 0 N–H and O–H groups in total. The van der Waals surface area contributed by atoms with Gasteiger partial charge in [-0.15, -0.1) is 0 Å². The second-order valence-corrected chi connectivity index (χ2v) is 5.97. The van der Waals surface area contributed by atoms with Gasteiger partial charge in [-0.05, 0) is 17.7 Å². The summed E-state index contributed by atoms with van der Waals surface area (Å²) in [6, 6.07) is 10.0. The average Bonchev–Trinajstić information content (AvgIpc) is 2.96. The maximum atomic E-state index is 12.4. The summed E-state index contributed by atoms with van der Waals surface area (Å²) >= 11 is 0. The van der Waals surface area contributed by atoms with Crippen LogP contribution in [0.3, 0.4) is 0 Å². The van der Waals surface area contributed by atoms with Crippen molar-refractivity contribution in [2.75, 3.05) is 11.9 Å². The monoisotopic (exact) mass is 281 g/mol. The van der Waals surface area contributed by atoms with Crippen LogP contribution in [0.2, 0.25) is 0 Å². The zero-order chi connectivity index (χ0) is 15.2. The number of anilines is 1. The highest BCUT2D eigenvalue weighted by Crippen LogP contribution is 2.46. The van der Waals surface area contributed by atoms with Crippen LogP contribution in [0.25, 0.3) is 0 Å². The number of likely N-dealkylation sites (N-methyl/N-ethyl adjacent to an activating group) is 1. The Kier molecular flexibility index (Phi) is 2.97. The molecule has 0 unspecified atom stereocenters. The molecule has 21 heavy (non-hydrogen) atoms. The minimum atomic E-state index is -0.185. The highest BCUT2D eigenvalue weighted by atomic mass is 16.1. The van der Waals surface area contributed by atoms with Crippen LogP contribution in [0.1, 0.15) is 29.9 Å². The van der Waals surface area contributed by atoms with E-state index in [4.69, 9.17) is 0 Å². The van der Waals surface area contributed by atoms with Crippen LogP contribution < -0.4 is 4.90 Å². The van der Waals surface area contributed by atoms with Gasteiger partial charge in [0.05, 0.1) is 0 Å². The van der Waals surface area contributed by atoms with Gasteiger partial charge in [0, 0.05) is 43.2 Å². The number of carbonyl (C=O) groups excluding carboxylic acids is 1. The second-order valence-electron chi connectivity index (χ2n) is 5.97. The summed E-state index contributed by atoms with van der Waals surface area (Å²) in [7, 11) is 3.82. The molecule has 0 amide bonds. The average molecular weight is 281 g/mol. The predicted molar refractivity (Wildman–Crippen MR) is 83.5 cm³/mol. The third kappa shape index (κ3) is 2.07. The van der Waals surface area contributed by atoms with E-state index in [1.165, 1.54) is 5.56 Å². The maximum absolute atomic E-state index is 12.4. The maximum Gasteiger partial charge on any atom is 0.207 e. The Balaban J connectivity index is 2.04. The third-order valence-corrected chi connectivity index (χ3v) is 4.17. The van der Waals surface area contributed by atoms with Crippen molar-refractivity contribution in [3.05, 3.63) is 59.6 Å². The quantitative estimate of drug-likeness (QED) is 0.627. The van der Waals surface area contributed by atoms with E-state index in [1.807, 2.05) is 26.2 Å². The number of para-hydroxylation sites is 1. The van der Waals surface area contributed by atoms with E-state index < -0.39 is 0 Å². The number of hydrogen-bond donors (Lipinski definition) is 0. The van der Waals surface area contributed by atoms with Gasteiger partial charge in [0.1, 0.15) is 5.69 Å². The molecule has 0 spiro atoms. The van der Waals surface area contributed by atoms with Gasteiger partial charge in [-0.1, -0.05) is 32.0 Å². The molecule has 1 aliphatic rings. The Hall–Kier alpha value is -2.36. The van der Waals surface area contributed by atoms with Gasteiger partial charge in [0.25, 0.3) is 0 Å². The molecule has 0 fully saturated rings. The van der Waals surface area contributed by atoms with Crippen molar-refractivity contribution in [2.45, 2.75) is 19.3 Å². The van der Waals surface area contributed by atoms with E-state index >= 15 is 0 Å². The van der Waals surface area contributed by atoms with Crippen LogP contribution >= 0.6 is 0 Å². The van der Waals surface area contributed by atoms with Crippen LogP contribution in [0.15, 0.2) is 48.3 Å². The molecular formula is C17H19N3O. The van der Waals surface area contributed by atoms with Gasteiger partial charge in [-0.2, -0.15) is 5.10 Å². The number of rotatable bonds is 2. The number of nitrogens with zero attached hydrogens (tertiary/aromatic N) is 3. The molecule has 2 aromatic rings. The molecule has 4 nitrogen and oxygen atoms in total. The molecule has 2 heterocycles. The Morgan fingerprint density at radius 2 is 1.90 bits per heavy atom. The minimum Gasteiger partial charge on any atom is -0.347 e. The lowest BCUT2D eigenvalue weighted by Gasteiger charge is -2.23. The number of benzene rings is 1. The standard InChI is InChI=1S/C17H19N3O/c1-17(2)12-7-5-6-8-14(12)20(4)16(17)11-15(21)13-9-10-19(3)18-13/h5-11H,1-4H3/b16-11-. The number of carbonyl (C=O) groups is 1. The predicted octanol–water partition coefficient (Wildman–Crippen LogP) is 2.91. The zero-order valence-corrected chi connectivity index (χ0v) is 12.8. The summed E-state index contributed by atoms with van der Waals surface area (Å²) < 4.78 is 1.64. The fourth-order valence-corrected chi connectivity index (χ4v) is 3.00. The van der Waals surface area contributed by atoms with Crippen LogP contribution in [0.5, 0.6) is 0 Å². The molecule has 0 saturated heterocycles. The van der Waals surface area contributed by atoms with Gasteiger partial charge in [-0.25, -0.2) is 0 Å². The van der Waals surface area contributed by atoms with Gasteiger partial charge >= 0.3 is 0 Å². The number of aromatic nitrogens is 2. The van der Waals surface area contributed by atoms with Crippen LogP contribution in [0, 0.1) is 0 Å². The van der Waals surface area contributed by atoms with Crippen LogP contribution in [-0.4, -0.2) is 22.6 Å². The van der Waals surface area contributed by atoms with Crippen molar-refractivity contribution in [1.29, 1.82) is 0 Å². The summed E-state index contributed by atoms with van der Waals surface area (Å²) in [5.74, 6) is -0.0571. The van der Waals surface area contributed by atoms with Gasteiger partial charge in [-0.3, -0.25) is 9.48 Å². The van der Waals surface area contributed by atoms with E-state index in [-0.39, 0.29) is 11.2 Å². The van der Waals surface area contributed by atoms with Gasteiger partial charge in [0.15, 0.2) is 0 Å². The Bertz CT molecular complexity index is 740. The fraction of sp³-hybridized carbons (Fsp3) is 0.294.